The highest BCUT2D eigenvalue weighted by molar-refractivity contribution is 6.30. The number of hydrogen-bond acceptors (Lipinski definition) is 4. The molecule has 4 aromatic rings. The zero-order valence-electron chi connectivity index (χ0n) is 20.0. The van der Waals surface area contributed by atoms with Crippen molar-refractivity contribution in [3.63, 3.8) is 0 Å². The van der Waals surface area contributed by atoms with Crippen LogP contribution in [0.5, 0.6) is 0 Å². The van der Waals surface area contributed by atoms with E-state index in [0.29, 0.717) is 18.7 Å². The molecule has 1 aromatic heterocycles. The Balaban J connectivity index is 1.46. The van der Waals surface area contributed by atoms with Crippen LogP contribution in [0.2, 0.25) is 5.02 Å². The quantitative estimate of drug-likeness (QED) is 0.222. The first-order valence-corrected chi connectivity index (χ1v) is 12.2. The molecule has 182 valence electrons. The second-order valence-electron chi connectivity index (χ2n) is 8.64. The zero-order valence-corrected chi connectivity index (χ0v) is 20.8. The number of rotatable bonds is 10. The maximum atomic E-state index is 12.3. The van der Waals surface area contributed by atoms with Gasteiger partial charge in [0, 0.05) is 41.9 Å². The van der Waals surface area contributed by atoms with E-state index < -0.39 is 5.97 Å². The number of aliphatic carboxylic acids is 1. The summed E-state index contributed by atoms with van der Waals surface area (Å²) in [6.07, 6.45) is 2.18. The van der Waals surface area contributed by atoms with E-state index in [0.717, 1.165) is 44.1 Å². The Morgan fingerprint density at radius 2 is 1.53 bits per heavy atom. The number of Topliss-reactive ketones (excluding diaryl/α,β-unsaturated/α-hetero) is 1. The minimum atomic E-state index is -0.899. The van der Waals surface area contributed by atoms with Gasteiger partial charge in [-0.05, 0) is 71.5 Å². The van der Waals surface area contributed by atoms with E-state index in [-0.39, 0.29) is 18.6 Å². The summed E-state index contributed by atoms with van der Waals surface area (Å²) in [5.41, 5.74) is 7.90. The molecule has 5 nitrogen and oxygen atoms in total. The number of ketones is 1. The number of carboxylic acids is 1. The van der Waals surface area contributed by atoms with Gasteiger partial charge in [0.05, 0.1) is 0 Å². The number of nitrogens with one attached hydrogen (secondary N) is 1. The molecule has 36 heavy (non-hydrogen) atoms. The topological polar surface area (TPSA) is 79.3 Å². The van der Waals surface area contributed by atoms with E-state index in [4.69, 9.17) is 16.7 Å². The number of carbonyl (C=O) groups excluding carboxylic acids is 1. The van der Waals surface area contributed by atoms with Crippen molar-refractivity contribution in [2.75, 3.05) is 5.32 Å². The lowest BCUT2D eigenvalue weighted by Crippen LogP contribution is -2.05. The van der Waals surface area contributed by atoms with Crippen LogP contribution in [0.25, 0.3) is 22.3 Å². The van der Waals surface area contributed by atoms with Crippen LogP contribution in [0.1, 0.15) is 40.9 Å². The van der Waals surface area contributed by atoms with E-state index >= 15 is 0 Å². The highest BCUT2D eigenvalue weighted by Gasteiger charge is 2.12. The van der Waals surface area contributed by atoms with Gasteiger partial charge in [-0.3, -0.25) is 14.6 Å². The molecule has 0 bridgehead atoms. The smallest absolute Gasteiger partial charge is 0.303 e. The van der Waals surface area contributed by atoms with E-state index in [1.807, 2.05) is 36.4 Å². The lowest BCUT2D eigenvalue weighted by molar-refractivity contribution is -0.137. The average Bonchev–Trinajstić information content (AvgIpc) is 2.88. The van der Waals surface area contributed by atoms with Crippen LogP contribution in [0.15, 0.2) is 85.1 Å². The van der Waals surface area contributed by atoms with Crippen LogP contribution in [0.4, 0.5) is 5.69 Å². The molecule has 0 saturated heterocycles. The summed E-state index contributed by atoms with van der Waals surface area (Å²) in [7, 11) is 0. The first-order valence-electron chi connectivity index (χ1n) is 11.8. The molecule has 0 aliphatic heterocycles. The molecule has 0 radical (unpaired) electrons. The second kappa shape index (κ2) is 11.6. The van der Waals surface area contributed by atoms with Gasteiger partial charge in [0.2, 0.25) is 0 Å². The molecule has 6 heteroatoms. The lowest BCUT2D eigenvalue weighted by atomic mass is 9.96. The first kappa shape index (κ1) is 25.1. The number of carbonyl (C=O) groups is 2. The average molecular weight is 499 g/mol. The highest BCUT2D eigenvalue weighted by atomic mass is 35.5. The fraction of sp³-hybridized carbons (Fsp3) is 0.167. The number of pyridine rings is 1. The molecule has 0 aliphatic carbocycles. The number of carboxylic acid groups (broad SMARTS) is 1. The Hall–Kier alpha value is -3.96. The standard InChI is InChI=1S/C30H27ClN2O3/c1-20-4-2-5-26(23-12-17-28(33-18-23)29(34)6-3-7-30(35)36)27(20)19-32-25-15-10-22(11-16-25)21-8-13-24(31)14-9-21/h2,4-5,8-18,32H,3,6-7,19H2,1H3,(H,35,36). The molecule has 0 atom stereocenters. The lowest BCUT2D eigenvalue weighted by Gasteiger charge is -2.15. The number of aryl methyl sites for hydroxylation is 1. The normalized spacial score (nSPS) is 10.7. The Morgan fingerprint density at radius 3 is 2.17 bits per heavy atom. The van der Waals surface area contributed by atoms with E-state index in [2.05, 4.69) is 53.6 Å². The van der Waals surface area contributed by atoms with Gasteiger partial charge in [-0.15, -0.1) is 0 Å². The fourth-order valence-electron chi connectivity index (χ4n) is 4.07. The van der Waals surface area contributed by atoms with Crippen LogP contribution in [-0.2, 0) is 11.3 Å². The molecule has 2 N–H and O–H groups in total. The Bertz CT molecular complexity index is 1350. The van der Waals surface area contributed by atoms with E-state index in [1.165, 1.54) is 0 Å². The number of halogens is 1. The number of benzene rings is 3. The van der Waals surface area contributed by atoms with Gasteiger partial charge in [0.15, 0.2) is 5.78 Å². The molecule has 0 unspecified atom stereocenters. The van der Waals surface area contributed by atoms with Crippen molar-refractivity contribution in [1.29, 1.82) is 0 Å². The van der Waals surface area contributed by atoms with Crippen LogP contribution < -0.4 is 5.32 Å². The number of aromatic nitrogens is 1. The van der Waals surface area contributed by atoms with Gasteiger partial charge in [-0.25, -0.2) is 0 Å². The van der Waals surface area contributed by atoms with Crippen molar-refractivity contribution in [3.8, 4) is 22.3 Å². The number of nitrogens with zero attached hydrogens (tertiary/aromatic N) is 1. The Kier molecular flexibility index (Phi) is 8.13. The summed E-state index contributed by atoms with van der Waals surface area (Å²) < 4.78 is 0. The molecule has 0 amide bonds. The van der Waals surface area contributed by atoms with Crippen molar-refractivity contribution in [2.45, 2.75) is 32.7 Å². The molecular formula is C30H27ClN2O3. The van der Waals surface area contributed by atoms with Crippen LogP contribution >= 0.6 is 11.6 Å². The van der Waals surface area contributed by atoms with Gasteiger partial charge < -0.3 is 10.4 Å². The van der Waals surface area contributed by atoms with Crippen LogP contribution in [-0.4, -0.2) is 21.8 Å². The van der Waals surface area contributed by atoms with Gasteiger partial charge in [-0.1, -0.05) is 60.1 Å². The maximum absolute atomic E-state index is 12.3. The molecule has 0 aliphatic rings. The molecular weight excluding hydrogens is 472 g/mol. The molecule has 0 fully saturated rings. The van der Waals surface area contributed by atoms with Crippen molar-refractivity contribution >= 4 is 29.0 Å². The number of anilines is 1. The fourth-order valence-corrected chi connectivity index (χ4v) is 4.19. The predicted octanol–water partition coefficient (Wildman–Crippen LogP) is 7.43. The van der Waals surface area contributed by atoms with Crippen LogP contribution in [0, 0.1) is 6.92 Å². The van der Waals surface area contributed by atoms with Gasteiger partial charge >= 0.3 is 5.97 Å². The number of hydrogen-bond donors (Lipinski definition) is 2. The van der Waals surface area contributed by atoms with Gasteiger partial charge in [0.1, 0.15) is 5.69 Å². The minimum absolute atomic E-state index is 0.0205. The third kappa shape index (κ3) is 6.37. The van der Waals surface area contributed by atoms with Gasteiger partial charge in [0.25, 0.3) is 0 Å². The SMILES string of the molecule is Cc1cccc(-c2ccc(C(=O)CCCC(=O)O)nc2)c1CNc1ccc(-c2ccc(Cl)cc2)cc1. The highest BCUT2D eigenvalue weighted by Crippen LogP contribution is 2.28. The molecule has 1 heterocycles. The van der Waals surface area contributed by atoms with Crippen LogP contribution in [0.3, 0.4) is 0 Å². The van der Waals surface area contributed by atoms with E-state index in [9.17, 15) is 9.59 Å². The molecule has 4 rings (SSSR count). The summed E-state index contributed by atoms with van der Waals surface area (Å²) in [5, 5.41) is 13.0. The van der Waals surface area contributed by atoms with Gasteiger partial charge in [-0.2, -0.15) is 0 Å². The summed E-state index contributed by atoms with van der Waals surface area (Å²) >= 11 is 6.00. The molecule has 0 spiro atoms. The summed E-state index contributed by atoms with van der Waals surface area (Å²) in [5.74, 6) is -1.04. The summed E-state index contributed by atoms with van der Waals surface area (Å²) in [6.45, 7) is 2.72. The van der Waals surface area contributed by atoms with Crippen molar-refractivity contribution < 1.29 is 14.7 Å². The first-order chi connectivity index (χ1) is 17.4. The molecule has 3 aromatic carbocycles. The van der Waals surface area contributed by atoms with Crippen molar-refractivity contribution in [3.05, 3.63) is 107 Å². The van der Waals surface area contributed by atoms with E-state index in [1.54, 1.807) is 12.3 Å². The van der Waals surface area contributed by atoms with Crippen molar-refractivity contribution in [2.24, 2.45) is 0 Å². The second-order valence-corrected chi connectivity index (χ2v) is 9.08. The summed E-state index contributed by atoms with van der Waals surface area (Å²) in [6, 6.07) is 25.9. The Labute approximate surface area is 215 Å². The summed E-state index contributed by atoms with van der Waals surface area (Å²) in [4.78, 5) is 27.3. The largest absolute Gasteiger partial charge is 0.481 e. The maximum Gasteiger partial charge on any atom is 0.303 e. The zero-order chi connectivity index (χ0) is 25.5. The third-order valence-electron chi connectivity index (χ3n) is 6.10. The minimum Gasteiger partial charge on any atom is -0.481 e. The Morgan fingerprint density at radius 1 is 0.861 bits per heavy atom. The molecule has 0 saturated carbocycles. The van der Waals surface area contributed by atoms with Crippen molar-refractivity contribution in [1.82, 2.24) is 4.98 Å². The monoisotopic (exact) mass is 498 g/mol. The predicted molar refractivity (Wildman–Crippen MR) is 144 cm³/mol. The third-order valence-corrected chi connectivity index (χ3v) is 6.35.